The van der Waals surface area contributed by atoms with Crippen LogP contribution in [0.2, 0.25) is 0 Å². The fourth-order valence-corrected chi connectivity index (χ4v) is 2.35. The van der Waals surface area contributed by atoms with Gasteiger partial charge in [0, 0.05) is 32.8 Å². The molecule has 2 rings (SSSR count). The Morgan fingerprint density at radius 3 is 2.94 bits per heavy atom. The van der Waals surface area contributed by atoms with Crippen LogP contribution >= 0.6 is 0 Å². The van der Waals surface area contributed by atoms with E-state index in [1.165, 1.54) is 24.2 Å². The van der Waals surface area contributed by atoms with E-state index >= 15 is 0 Å². The van der Waals surface area contributed by atoms with Gasteiger partial charge in [-0.2, -0.15) is 0 Å². The van der Waals surface area contributed by atoms with E-state index in [2.05, 4.69) is 9.55 Å². The molecule has 1 aliphatic rings. The van der Waals surface area contributed by atoms with Gasteiger partial charge in [0.05, 0.1) is 12.0 Å². The normalized spacial score (nSPS) is 14.5. The monoisotopic (exact) mass is 235 g/mol. The maximum absolute atomic E-state index is 11.5. The van der Waals surface area contributed by atoms with Crippen LogP contribution in [-0.4, -0.2) is 34.5 Å². The number of hydrogen-bond donors (Lipinski definition) is 0. The summed E-state index contributed by atoms with van der Waals surface area (Å²) in [5, 5.41) is 0. The quantitative estimate of drug-likeness (QED) is 0.795. The number of carbonyl (C=O) groups excluding carboxylic acids is 1. The molecule has 4 heteroatoms. The second-order valence-electron chi connectivity index (χ2n) is 4.93. The highest BCUT2D eigenvalue weighted by Gasteiger charge is 2.15. The lowest BCUT2D eigenvalue weighted by atomic mass is 10.0. The van der Waals surface area contributed by atoms with Gasteiger partial charge in [-0.3, -0.25) is 4.79 Å². The van der Waals surface area contributed by atoms with Gasteiger partial charge in [-0.15, -0.1) is 0 Å². The van der Waals surface area contributed by atoms with Gasteiger partial charge < -0.3 is 9.47 Å². The summed E-state index contributed by atoms with van der Waals surface area (Å²) in [5.41, 5.74) is 2.67. The van der Waals surface area contributed by atoms with Crippen molar-refractivity contribution in [2.45, 2.75) is 45.1 Å². The molecule has 0 aromatic carbocycles. The summed E-state index contributed by atoms with van der Waals surface area (Å²) in [7, 11) is 3.61. The summed E-state index contributed by atoms with van der Waals surface area (Å²) in [4.78, 5) is 17.6. The molecule has 0 saturated carbocycles. The molecule has 0 saturated heterocycles. The summed E-state index contributed by atoms with van der Waals surface area (Å²) in [5.74, 6) is 0.207. The fraction of sp³-hybridized carbons (Fsp3) is 0.692. The van der Waals surface area contributed by atoms with Crippen LogP contribution in [-0.2, 0) is 24.2 Å². The first-order valence-corrected chi connectivity index (χ1v) is 6.41. The van der Waals surface area contributed by atoms with E-state index in [9.17, 15) is 4.79 Å². The minimum Gasteiger partial charge on any atom is -0.349 e. The molecule has 0 atom stereocenters. The number of rotatable bonds is 4. The largest absolute Gasteiger partial charge is 0.349 e. The summed E-state index contributed by atoms with van der Waals surface area (Å²) in [6.07, 6.45) is 8.28. The predicted octanol–water partition coefficient (Wildman–Crippen LogP) is 1.63. The summed E-state index contributed by atoms with van der Waals surface area (Å²) in [6, 6.07) is 0. The number of fused-ring (bicyclic) bond motifs is 1. The predicted molar refractivity (Wildman–Crippen MR) is 66.8 cm³/mol. The maximum atomic E-state index is 11.5. The molecule has 1 aromatic heterocycles. The second-order valence-corrected chi connectivity index (χ2v) is 4.93. The van der Waals surface area contributed by atoms with Crippen molar-refractivity contribution >= 4 is 5.91 Å². The number of aryl methyl sites for hydroxylation is 2. The molecule has 0 unspecified atom stereocenters. The SMILES string of the molecule is CN(C)C(=O)CCCn1cnc2c1CCCC2. The van der Waals surface area contributed by atoms with Crippen molar-refractivity contribution in [3.05, 3.63) is 17.7 Å². The molecule has 1 aromatic rings. The first-order valence-electron chi connectivity index (χ1n) is 6.41. The first kappa shape index (κ1) is 12.1. The van der Waals surface area contributed by atoms with E-state index in [4.69, 9.17) is 0 Å². The average Bonchev–Trinajstić information content (AvgIpc) is 2.72. The minimum atomic E-state index is 0.207. The number of imidazole rings is 1. The van der Waals surface area contributed by atoms with Crippen LogP contribution in [0.4, 0.5) is 0 Å². The Labute approximate surface area is 103 Å². The van der Waals surface area contributed by atoms with Gasteiger partial charge in [-0.25, -0.2) is 4.98 Å². The van der Waals surface area contributed by atoms with E-state index in [-0.39, 0.29) is 5.91 Å². The van der Waals surface area contributed by atoms with Crippen molar-refractivity contribution in [2.75, 3.05) is 14.1 Å². The van der Waals surface area contributed by atoms with Gasteiger partial charge in [0.15, 0.2) is 0 Å². The third-order valence-electron chi connectivity index (χ3n) is 3.40. The molecule has 0 aliphatic heterocycles. The van der Waals surface area contributed by atoms with E-state index in [1.54, 1.807) is 19.0 Å². The van der Waals surface area contributed by atoms with E-state index in [0.717, 1.165) is 25.8 Å². The van der Waals surface area contributed by atoms with Crippen LogP contribution in [0.1, 0.15) is 37.1 Å². The molecule has 1 amide bonds. The van der Waals surface area contributed by atoms with Crippen LogP contribution in [0.15, 0.2) is 6.33 Å². The highest BCUT2D eigenvalue weighted by atomic mass is 16.2. The summed E-state index contributed by atoms with van der Waals surface area (Å²) < 4.78 is 2.23. The third-order valence-corrected chi connectivity index (χ3v) is 3.40. The van der Waals surface area contributed by atoms with Gasteiger partial charge in [0.2, 0.25) is 5.91 Å². The standard InChI is InChI=1S/C13H21N3O/c1-15(2)13(17)8-5-9-16-10-14-11-6-3-4-7-12(11)16/h10H,3-9H2,1-2H3. The Bertz CT molecular complexity index is 395. The minimum absolute atomic E-state index is 0.207. The van der Waals surface area contributed by atoms with Crippen LogP contribution in [0.5, 0.6) is 0 Å². The smallest absolute Gasteiger partial charge is 0.222 e. The lowest BCUT2D eigenvalue weighted by Gasteiger charge is -2.14. The topological polar surface area (TPSA) is 38.1 Å². The summed E-state index contributed by atoms with van der Waals surface area (Å²) >= 11 is 0. The number of hydrogen-bond acceptors (Lipinski definition) is 2. The molecule has 0 spiro atoms. The molecule has 0 bridgehead atoms. The lowest BCUT2D eigenvalue weighted by molar-refractivity contribution is -0.128. The van der Waals surface area contributed by atoms with Crippen LogP contribution in [0.3, 0.4) is 0 Å². The Morgan fingerprint density at radius 1 is 1.41 bits per heavy atom. The Hall–Kier alpha value is -1.32. The van der Waals surface area contributed by atoms with Crippen molar-refractivity contribution < 1.29 is 4.79 Å². The molecule has 0 fully saturated rings. The van der Waals surface area contributed by atoms with E-state index < -0.39 is 0 Å². The van der Waals surface area contributed by atoms with Crippen LogP contribution < -0.4 is 0 Å². The Balaban J connectivity index is 1.87. The molecule has 94 valence electrons. The zero-order chi connectivity index (χ0) is 12.3. The van der Waals surface area contributed by atoms with Crippen molar-refractivity contribution in [1.82, 2.24) is 14.5 Å². The molecule has 0 radical (unpaired) electrons. The number of aromatic nitrogens is 2. The summed E-state index contributed by atoms with van der Waals surface area (Å²) in [6.45, 7) is 0.919. The second kappa shape index (κ2) is 5.34. The van der Waals surface area contributed by atoms with Gasteiger partial charge in [-0.05, 0) is 32.1 Å². The average molecular weight is 235 g/mol. The van der Waals surface area contributed by atoms with Gasteiger partial charge in [0.25, 0.3) is 0 Å². The maximum Gasteiger partial charge on any atom is 0.222 e. The van der Waals surface area contributed by atoms with E-state index in [0.29, 0.717) is 6.42 Å². The molecular weight excluding hydrogens is 214 g/mol. The van der Waals surface area contributed by atoms with Crippen LogP contribution in [0.25, 0.3) is 0 Å². The van der Waals surface area contributed by atoms with Gasteiger partial charge >= 0.3 is 0 Å². The third kappa shape index (κ3) is 2.87. The number of amides is 1. The molecule has 4 nitrogen and oxygen atoms in total. The van der Waals surface area contributed by atoms with Crippen molar-refractivity contribution in [2.24, 2.45) is 0 Å². The lowest BCUT2D eigenvalue weighted by Crippen LogP contribution is -2.21. The molecule has 1 heterocycles. The molecule has 1 aliphatic carbocycles. The van der Waals surface area contributed by atoms with Crippen LogP contribution in [0, 0.1) is 0 Å². The van der Waals surface area contributed by atoms with Gasteiger partial charge in [0.1, 0.15) is 0 Å². The van der Waals surface area contributed by atoms with Gasteiger partial charge in [-0.1, -0.05) is 0 Å². The number of carbonyl (C=O) groups is 1. The molecule has 0 N–H and O–H groups in total. The molecule has 17 heavy (non-hydrogen) atoms. The highest BCUT2D eigenvalue weighted by Crippen LogP contribution is 2.20. The van der Waals surface area contributed by atoms with Crippen molar-refractivity contribution in [1.29, 1.82) is 0 Å². The zero-order valence-electron chi connectivity index (χ0n) is 10.8. The fourth-order valence-electron chi connectivity index (χ4n) is 2.35. The number of nitrogens with zero attached hydrogens (tertiary/aromatic N) is 3. The Morgan fingerprint density at radius 2 is 2.18 bits per heavy atom. The first-order chi connectivity index (χ1) is 8.18. The highest BCUT2D eigenvalue weighted by molar-refractivity contribution is 5.75. The van der Waals surface area contributed by atoms with Crippen molar-refractivity contribution in [3.63, 3.8) is 0 Å². The Kier molecular flexibility index (Phi) is 3.82. The molecular formula is C13H21N3O. The zero-order valence-corrected chi connectivity index (χ0v) is 10.8. The van der Waals surface area contributed by atoms with Crippen molar-refractivity contribution in [3.8, 4) is 0 Å². The van der Waals surface area contributed by atoms with E-state index in [1.807, 2.05) is 6.33 Å².